The summed E-state index contributed by atoms with van der Waals surface area (Å²) in [5.74, 6) is 3.68. The second kappa shape index (κ2) is 5.99. The number of benzene rings is 1. The van der Waals surface area contributed by atoms with E-state index in [-0.39, 0.29) is 0 Å². The predicted octanol–water partition coefficient (Wildman–Crippen LogP) is 2.46. The maximum absolute atomic E-state index is 6.02. The van der Waals surface area contributed by atoms with E-state index in [4.69, 9.17) is 14.7 Å². The first-order chi connectivity index (χ1) is 12.3. The van der Waals surface area contributed by atoms with Crippen molar-refractivity contribution in [2.75, 3.05) is 24.5 Å². The van der Waals surface area contributed by atoms with Crippen LogP contribution in [0.4, 0.5) is 5.82 Å². The van der Waals surface area contributed by atoms with Gasteiger partial charge in [0, 0.05) is 31.1 Å². The molecule has 2 atom stereocenters. The summed E-state index contributed by atoms with van der Waals surface area (Å²) < 4.78 is 6.02. The van der Waals surface area contributed by atoms with E-state index in [0.717, 1.165) is 55.1 Å². The van der Waals surface area contributed by atoms with Crippen LogP contribution in [-0.4, -0.2) is 35.6 Å². The maximum Gasteiger partial charge on any atom is 0.136 e. The Balaban J connectivity index is 1.54. The molecule has 1 aromatic carbocycles. The Morgan fingerprint density at radius 3 is 3.04 bits per heavy atom. The molecule has 25 heavy (non-hydrogen) atoms. The molecular weight excluding hydrogens is 312 g/mol. The number of hydrogen-bond donors (Lipinski definition) is 1. The number of nitrogens with one attached hydrogen (secondary N) is 1. The van der Waals surface area contributed by atoms with Gasteiger partial charge in [-0.15, -0.1) is 0 Å². The monoisotopic (exact) mass is 336 g/mol. The van der Waals surface area contributed by atoms with Crippen molar-refractivity contribution in [2.24, 2.45) is 5.92 Å². The summed E-state index contributed by atoms with van der Waals surface area (Å²) in [6, 6.07) is 8.92. The summed E-state index contributed by atoms with van der Waals surface area (Å²) in [5.41, 5.74) is 3.51. The molecule has 3 aliphatic rings. The molecule has 0 bridgehead atoms. The third kappa shape index (κ3) is 2.67. The zero-order valence-electron chi connectivity index (χ0n) is 14.7. The van der Waals surface area contributed by atoms with Crippen LogP contribution in [0.15, 0.2) is 24.3 Å². The fraction of sp³-hybridized carbons (Fsp3) is 0.500. The SMILES string of the molecule is Cc1nc2c(c(N3C[C@@H]4CCCN[C@@H]4C3)n1)Cc1ccccc1OC2. The number of aryl methyl sites for hydroxylation is 1. The minimum Gasteiger partial charge on any atom is -0.487 e. The van der Waals surface area contributed by atoms with Crippen LogP contribution in [0.1, 0.15) is 35.5 Å². The Kier molecular flexibility index (Phi) is 3.63. The molecule has 2 aromatic rings. The van der Waals surface area contributed by atoms with E-state index >= 15 is 0 Å². The van der Waals surface area contributed by atoms with Crippen LogP contribution in [0.3, 0.4) is 0 Å². The molecule has 0 aliphatic carbocycles. The topological polar surface area (TPSA) is 50.3 Å². The summed E-state index contributed by atoms with van der Waals surface area (Å²) in [6.45, 7) is 5.82. The lowest BCUT2D eigenvalue weighted by molar-refractivity contribution is 0.301. The van der Waals surface area contributed by atoms with E-state index in [9.17, 15) is 0 Å². The highest BCUT2D eigenvalue weighted by atomic mass is 16.5. The smallest absolute Gasteiger partial charge is 0.136 e. The number of anilines is 1. The highest BCUT2D eigenvalue weighted by Gasteiger charge is 2.36. The van der Waals surface area contributed by atoms with Crippen molar-refractivity contribution >= 4 is 5.82 Å². The van der Waals surface area contributed by atoms with Crippen LogP contribution >= 0.6 is 0 Å². The average Bonchev–Trinajstić information content (AvgIpc) is 2.97. The number of nitrogens with zero attached hydrogens (tertiary/aromatic N) is 3. The lowest BCUT2D eigenvalue weighted by Crippen LogP contribution is -2.40. The quantitative estimate of drug-likeness (QED) is 0.867. The lowest BCUT2D eigenvalue weighted by atomic mass is 9.94. The maximum atomic E-state index is 6.02. The van der Waals surface area contributed by atoms with Crippen molar-refractivity contribution in [3.8, 4) is 5.75 Å². The first kappa shape index (κ1) is 15.1. The number of rotatable bonds is 1. The fourth-order valence-electron chi connectivity index (χ4n) is 4.55. The average molecular weight is 336 g/mol. The largest absolute Gasteiger partial charge is 0.487 e. The number of hydrogen-bond acceptors (Lipinski definition) is 5. The Morgan fingerprint density at radius 1 is 1.20 bits per heavy atom. The van der Waals surface area contributed by atoms with E-state index in [1.165, 1.54) is 24.0 Å². The molecule has 1 N–H and O–H groups in total. The molecule has 3 aliphatic heterocycles. The number of piperidine rings is 1. The molecule has 2 saturated heterocycles. The van der Waals surface area contributed by atoms with Crippen molar-refractivity contribution in [2.45, 2.75) is 38.8 Å². The third-order valence-electron chi connectivity index (χ3n) is 5.79. The van der Waals surface area contributed by atoms with Gasteiger partial charge >= 0.3 is 0 Å². The zero-order chi connectivity index (χ0) is 16.8. The molecule has 0 amide bonds. The summed E-state index contributed by atoms with van der Waals surface area (Å²) in [5, 5.41) is 3.69. The van der Waals surface area contributed by atoms with E-state index < -0.39 is 0 Å². The summed E-state index contributed by atoms with van der Waals surface area (Å²) in [6.07, 6.45) is 3.46. The van der Waals surface area contributed by atoms with Crippen molar-refractivity contribution in [3.63, 3.8) is 0 Å². The molecule has 5 rings (SSSR count). The Hall–Kier alpha value is -2.14. The Morgan fingerprint density at radius 2 is 2.12 bits per heavy atom. The molecule has 0 unspecified atom stereocenters. The second-order valence-corrected chi connectivity index (χ2v) is 7.46. The van der Waals surface area contributed by atoms with Crippen molar-refractivity contribution in [1.29, 1.82) is 0 Å². The van der Waals surface area contributed by atoms with Gasteiger partial charge in [-0.25, -0.2) is 9.97 Å². The molecule has 0 spiro atoms. The second-order valence-electron chi connectivity index (χ2n) is 7.46. The number of aromatic nitrogens is 2. The van der Waals surface area contributed by atoms with Crippen LogP contribution < -0.4 is 15.0 Å². The van der Waals surface area contributed by atoms with E-state index in [1.54, 1.807) is 0 Å². The zero-order valence-corrected chi connectivity index (χ0v) is 14.7. The minimum atomic E-state index is 0.529. The molecular formula is C20H24N4O. The van der Waals surface area contributed by atoms with Gasteiger partial charge in [0.25, 0.3) is 0 Å². The molecule has 5 heteroatoms. The van der Waals surface area contributed by atoms with Crippen molar-refractivity contribution in [3.05, 3.63) is 46.9 Å². The van der Waals surface area contributed by atoms with E-state index in [1.807, 2.05) is 13.0 Å². The summed E-state index contributed by atoms with van der Waals surface area (Å²) >= 11 is 0. The third-order valence-corrected chi connectivity index (χ3v) is 5.79. The summed E-state index contributed by atoms with van der Waals surface area (Å²) in [4.78, 5) is 12.1. The summed E-state index contributed by atoms with van der Waals surface area (Å²) in [7, 11) is 0. The van der Waals surface area contributed by atoms with Crippen LogP contribution in [0.5, 0.6) is 5.75 Å². The molecule has 130 valence electrons. The van der Waals surface area contributed by atoms with Gasteiger partial charge in [-0.2, -0.15) is 0 Å². The molecule has 0 radical (unpaired) electrons. The van der Waals surface area contributed by atoms with Gasteiger partial charge in [-0.05, 0) is 43.9 Å². The standard InChI is InChI=1S/C20H24N4O/c1-13-22-18-12-25-19-7-3-2-5-14(19)9-16(18)20(23-13)24-10-15-6-4-8-21-17(15)11-24/h2-3,5,7,15,17,21H,4,6,8-12H2,1H3/t15-,17+/m0/s1. The molecule has 2 fully saturated rings. The molecule has 0 saturated carbocycles. The van der Waals surface area contributed by atoms with Crippen LogP contribution in [0.2, 0.25) is 0 Å². The molecule has 1 aromatic heterocycles. The van der Waals surface area contributed by atoms with Gasteiger partial charge in [0.1, 0.15) is 24.0 Å². The Labute approximate surface area is 148 Å². The van der Waals surface area contributed by atoms with E-state index in [2.05, 4.69) is 28.4 Å². The van der Waals surface area contributed by atoms with Crippen molar-refractivity contribution < 1.29 is 4.74 Å². The number of ether oxygens (including phenoxy) is 1. The van der Waals surface area contributed by atoms with Crippen molar-refractivity contribution in [1.82, 2.24) is 15.3 Å². The lowest BCUT2D eigenvalue weighted by Gasteiger charge is -2.24. The first-order valence-electron chi connectivity index (χ1n) is 9.33. The molecule has 4 heterocycles. The number of para-hydroxylation sites is 1. The van der Waals surface area contributed by atoms with Gasteiger partial charge in [0.15, 0.2) is 0 Å². The highest BCUT2D eigenvalue weighted by Crippen LogP contribution is 2.35. The van der Waals surface area contributed by atoms with Crippen LogP contribution in [0, 0.1) is 12.8 Å². The van der Waals surface area contributed by atoms with Gasteiger partial charge in [0.2, 0.25) is 0 Å². The fourth-order valence-corrected chi connectivity index (χ4v) is 4.55. The molecule has 5 nitrogen and oxygen atoms in total. The first-order valence-corrected chi connectivity index (χ1v) is 9.33. The normalized spacial score (nSPS) is 24.8. The van der Waals surface area contributed by atoms with Gasteiger partial charge in [0.05, 0.1) is 5.69 Å². The number of fused-ring (bicyclic) bond motifs is 3. The van der Waals surface area contributed by atoms with Gasteiger partial charge in [-0.1, -0.05) is 18.2 Å². The van der Waals surface area contributed by atoms with Gasteiger partial charge in [-0.3, -0.25) is 0 Å². The predicted molar refractivity (Wildman–Crippen MR) is 97.1 cm³/mol. The van der Waals surface area contributed by atoms with Crippen LogP contribution in [0.25, 0.3) is 0 Å². The minimum absolute atomic E-state index is 0.529. The van der Waals surface area contributed by atoms with E-state index in [0.29, 0.717) is 12.6 Å². The van der Waals surface area contributed by atoms with Crippen LogP contribution in [-0.2, 0) is 13.0 Å². The highest BCUT2D eigenvalue weighted by molar-refractivity contribution is 5.55. The van der Waals surface area contributed by atoms with Gasteiger partial charge < -0.3 is 15.0 Å². The Bertz CT molecular complexity index is 792.